The highest BCUT2D eigenvalue weighted by molar-refractivity contribution is 5.85. The fraction of sp³-hybridized carbons (Fsp3) is 0.364. The van der Waals surface area contributed by atoms with Gasteiger partial charge in [-0.2, -0.15) is 0 Å². The van der Waals surface area contributed by atoms with Gasteiger partial charge in [-0.05, 0) is 12.1 Å². The molecule has 15 heavy (non-hydrogen) atoms. The highest BCUT2D eigenvalue weighted by Crippen LogP contribution is 2.15. The molecule has 0 fully saturated rings. The van der Waals surface area contributed by atoms with Crippen molar-refractivity contribution in [2.24, 2.45) is 0 Å². The van der Waals surface area contributed by atoms with Gasteiger partial charge in [-0.3, -0.25) is 4.79 Å². The minimum Gasteiger partial charge on any atom is -0.481 e. The van der Waals surface area contributed by atoms with E-state index in [9.17, 15) is 4.79 Å². The molecular weight excluding hydrogens is 214 g/mol. The summed E-state index contributed by atoms with van der Waals surface area (Å²) in [5.41, 5.74) is 1.02. The average Bonchev–Trinajstić information content (AvgIpc) is 2.18. The molecule has 0 spiro atoms. The summed E-state index contributed by atoms with van der Waals surface area (Å²) in [7, 11) is 0. The molecule has 0 bridgehead atoms. The van der Waals surface area contributed by atoms with Gasteiger partial charge in [-0.15, -0.1) is 12.4 Å². The lowest BCUT2D eigenvalue weighted by Crippen LogP contribution is -2.23. The second-order valence-electron chi connectivity index (χ2n) is 3.12. The van der Waals surface area contributed by atoms with Crippen molar-refractivity contribution in [2.45, 2.75) is 19.4 Å². The van der Waals surface area contributed by atoms with Crippen LogP contribution in [0.25, 0.3) is 0 Å². The number of aliphatic carboxylic acids is 1. The molecule has 84 valence electrons. The van der Waals surface area contributed by atoms with E-state index in [-0.39, 0.29) is 24.9 Å². The zero-order valence-electron chi connectivity index (χ0n) is 8.64. The molecule has 0 aromatic heterocycles. The van der Waals surface area contributed by atoms with Crippen LogP contribution in [0.1, 0.15) is 24.9 Å². The molecule has 1 aromatic rings. The van der Waals surface area contributed by atoms with Crippen LogP contribution >= 0.6 is 12.4 Å². The van der Waals surface area contributed by atoms with E-state index in [1.54, 1.807) is 0 Å². The highest BCUT2D eigenvalue weighted by atomic mass is 35.5. The summed E-state index contributed by atoms with van der Waals surface area (Å²) in [4.78, 5) is 10.6. The monoisotopic (exact) mass is 229 g/mol. The van der Waals surface area contributed by atoms with Crippen LogP contribution in [-0.2, 0) is 4.79 Å². The van der Waals surface area contributed by atoms with Crippen molar-refractivity contribution in [3.63, 3.8) is 0 Å². The van der Waals surface area contributed by atoms with E-state index in [0.717, 1.165) is 12.1 Å². The smallest absolute Gasteiger partial charge is 0.305 e. The Kier molecular flexibility index (Phi) is 6.75. The van der Waals surface area contributed by atoms with E-state index in [2.05, 4.69) is 5.32 Å². The predicted octanol–water partition coefficient (Wildman–Crippen LogP) is 2.23. The zero-order valence-corrected chi connectivity index (χ0v) is 9.46. The van der Waals surface area contributed by atoms with Gasteiger partial charge in [0.25, 0.3) is 0 Å². The molecule has 0 radical (unpaired) electrons. The quantitative estimate of drug-likeness (QED) is 0.814. The minimum atomic E-state index is -0.778. The first kappa shape index (κ1) is 13.9. The van der Waals surface area contributed by atoms with Crippen molar-refractivity contribution in [3.05, 3.63) is 35.9 Å². The SMILES string of the molecule is CCNC(CC(=O)O)c1ccccc1.Cl. The summed E-state index contributed by atoms with van der Waals surface area (Å²) < 4.78 is 0. The fourth-order valence-electron chi connectivity index (χ4n) is 1.41. The van der Waals surface area contributed by atoms with Gasteiger partial charge in [0.05, 0.1) is 6.42 Å². The summed E-state index contributed by atoms with van der Waals surface area (Å²) in [6, 6.07) is 9.56. The number of nitrogens with one attached hydrogen (secondary N) is 1. The average molecular weight is 230 g/mol. The Morgan fingerprint density at radius 1 is 1.40 bits per heavy atom. The Labute approximate surface area is 95.9 Å². The van der Waals surface area contributed by atoms with E-state index >= 15 is 0 Å². The number of carbonyl (C=O) groups is 1. The van der Waals surface area contributed by atoms with Gasteiger partial charge < -0.3 is 10.4 Å². The normalized spacial score (nSPS) is 11.5. The van der Waals surface area contributed by atoms with Crippen molar-refractivity contribution >= 4 is 18.4 Å². The molecule has 3 nitrogen and oxygen atoms in total. The second kappa shape index (κ2) is 7.26. The van der Waals surface area contributed by atoms with Crippen LogP contribution in [0, 0.1) is 0 Å². The van der Waals surface area contributed by atoms with Crippen LogP contribution in [0.5, 0.6) is 0 Å². The van der Waals surface area contributed by atoms with Crippen molar-refractivity contribution in [3.8, 4) is 0 Å². The van der Waals surface area contributed by atoms with Gasteiger partial charge >= 0.3 is 5.97 Å². The molecule has 0 saturated heterocycles. The molecule has 0 heterocycles. The van der Waals surface area contributed by atoms with Crippen LogP contribution in [0.3, 0.4) is 0 Å². The van der Waals surface area contributed by atoms with Crippen molar-refractivity contribution in [1.29, 1.82) is 0 Å². The van der Waals surface area contributed by atoms with E-state index < -0.39 is 5.97 Å². The number of hydrogen-bond acceptors (Lipinski definition) is 2. The first-order valence-electron chi connectivity index (χ1n) is 4.74. The van der Waals surface area contributed by atoms with Gasteiger partial charge in [0, 0.05) is 6.04 Å². The molecule has 0 aliphatic heterocycles. The van der Waals surface area contributed by atoms with Gasteiger partial charge in [0.15, 0.2) is 0 Å². The summed E-state index contributed by atoms with van der Waals surface area (Å²) in [5.74, 6) is -0.778. The molecule has 4 heteroatoms. The van der Waals surface area contributed by atoms with Gasteiger partial charge in [-0.1, -0.05) is 37.3 Å². The number of hydrogen-bond donors (Lipinski definition) is 2. The second-order valence-corrected chi connectivity index (χ2v) is 3.12. The number of halogens is 1. The Morgan fingerprint density at radius 2 is 2.00 bits per heavy atom. The molecule has 0 amide bonds. The minimum absolute atomic E-state index is 0. The first-order chi connectivity index (χ1) is 6.74. The number of rotatable bonds is 5. The maximum atomic E-state index is 10.6. The highest BCUT2D eigenvalue weighted by Gasteiger charge is 2.13. The maximum Gasteiger partial charge on any atom is 0.305 e. The van der Waals surface area contributed by atoms with Crippen LogP contribution in [0.2, 0.25) is 0 Å². The summed E-state index contributed by atoms with van der Waals surface area (Å²) in [5, 5.41) is 11.9. The third-order valence-electron chi connectivity index (χ3n) is 2.03. The summed E-state index contributed by atoms with van der Waals surface area (Å²) in [6.45, 7) is 2.74. The molecule has 0 aliphatic rings. The van der Waals surface area contributed by atoms with Crippen molar-refractivity contribution in [2.75, 3.05) is 6.54 Å². The van der Waals surface area contributed by atoms with E-state index in [1.165, 1.54) is 0 Å². The third kappa shape index (κ3) is 4.81. The number of benzene rings is 1. The molecule has 1 rings (SSSR count). The van der Waals surface area contributed by atoms with E-state index in [0.29, 0.717) is 0 Å². The lowest BCUT2D eigenvalue weighted by atomic mass is 10.0. The van der Waals surface area contributed by atoms with Crippen LogP contribution in [0.15, 0.2) is 30.3 Å². The topological polar surface area (TPSA) is 49.3 Å². The first-order valence-corrected chi connectivity index (χ1v) is 4.74. The molecule has 2 N–H and O–H groups in total. The van der Waals surface area contributed by atoms with Crippen LogP contribution in [0.4, 0.5) is 0 Å². The summed E-state index contributed by atoms with van der Waals surface area (Å²) in [6.07, 6.45) is 0.123. The Bertz CT molecular complexity index is 290. The van der Waals surface area contributed by atoms with Gasteiger partial charge in [0.2, 0.25) is 0 Å². The van der Waals surface area contributed by atoms with Crippen LogP contribution < -0.4 is 5.32 Å². The standard InChI is InChI=1S/C11H15NO2.ClH/c1-2-12-10(8-11(13)14)9-6-4-3-5-7-9;/h3-7,10,12H,2,8H2,1H3,(H,13,14);1H. The lowest BCUT2D eigenvalue weighted by Gasteiger charge is -2.15. The van der Waals surface area contributed by atoms with E-state index in [4.69, 9.17) is 5.11 Å². The Balaban J connectivity index is 0.00000196. The maximum absolute atomic E-state index is 10.6. The summed E-state index contributed by atoms with van der Waals surface area (Å²) >= 11 is 0. The van der Waals surface area contributed by atoms with Crippen molar-refractivity contribution in [1.82, 2.24) is 5.32 Å². The molecule has 0 saturated carbocycles. The zero-order chi connectivity index (χ0) is 10.4. The molecule has 1 unspecified atom stereocenters. The van der Waals surface area contributed by atoms with Gasteiger partial charge in [-0.25, -0.2) is 0 Å². The van der Waals surface area contributed by atoms with Crippen LogP contribution in [-0.4, -0.2) is 17.6 Å². The largest absolute Gasteiger partial charge is 0.481 e. The molecule has 1 aromatic carbocycles. The molecular formula is C11H16ClNO2. The predicted molar refractivity (Wildman–Crippen MR) is 62.4 cm³/mol. The lowest BCUT2D eigenvalue weighted by molar-refractivity contribution is -0.137. The van der Waals surface area contributed by atoms with Gasteiger partial charge in [0.1, 0.15) is 0 Å². The number of carboxylic acid groups (broad SMARTS) is 1. The third-order valence-corrected chi connectivity index (χ3v) is 2.03. The Morgan fingerprint density at radius 3 is 2.47 bits per heavy atom. The molecule has 1 atom stereocenters. The van der Waals surface area contributed by atoms with E-state index in [1.807, 2.05) is 37.3 Å². The number of carboxylic acids is 1. The Hall–Kier alpha value is -1.06. The molecule has 0 aliphatic carbocycles. The fourth-order valence-corrected chi connectivity index (χ4v) is 1.41. The van der Waals surface area contributed by atoms with Crippen molar-refractivity contribution < 1.29 is 9.90 Å².